The number of amides is 3. The molecule has 21 heavy (non-hydrogen) atoms. The number of carboxylic acid groups (broad SMARTS) is 1. The number of carbonyl (C=O) groups excluding carboxylic acids is 2. The number of rotatable bonds is 2. The smallest absolute Gasteiger partial charge is 0.320 e. The van der Waals surface area contributed by atoms with Crippen molar-refractivity contribution in [3.63, 3.8) is 0 Å². The Morgan fingerprint density at radius 2 is 1.81 bits per heavy atom. The molecule has 2 saturated heterocycles. The van der Waals surface area contributed by atoms with Gasteiger partial charge in [0.1, 0.15) is 0 Å². The summed E-state index contributed by atoms with van der Waals surface area (Å²) in [5, 5.41) is 11.6. The van der Waals surface area contributed by atoms with Gasteiger partial charge in [-0.3, -0.25) is 14.5 Å². The van der Waals surface area contributed by atoms with E-state index in [0.717, 1.165) is 6.42 Å². The van der Waals surface area contributed by atoms with Gasteiger partial charge in [-0.25, -0.2) is 4.79 Å². The minimum absolute atomic E-state index is 0.0180. The number of aliphatic carboxylic acids is 1. The minimum atomic E-state index is -0.841. The molecule has 0 aliphatic carbocycles. The third-order valence-corrected chi connectivity index (χ3v) is 3.80. The van der Waals surface area contributed by atoms with E-state index in [4.69, 9.17) is 5.11 Å². The molecule has 118 valence electrons. The van der Waals surface area contributed by atoms with Gasteiger partial charge < -0.3 is 20.2 Å². The average molecular weight is 298 g/mol. The molecule has 0 radical (unpaired) electrons. The zero-order chi connectivity index (χ0) is 15.2. The second kappa shape index (κ2) is 7.26. The fourth-order valence-electron chi connectivity index (χ4n) is 2.67. The van der Waals surface area contributed by atoms with Gasteiger partial charge in [0.05, 0.1) is 6.54 Å². The van der Waals surface area contributed by atoms with Gasteiger partial charge in [0.25, 0.3) is 0 Å². The van der Waals surface area contributed by atoms with Crippen molar-refractivity contribution in [3.05, 3.63) is 0 Å². The lowest BCUT2D eigenvalue weighted by Crippen LogP contribution is -2.46. The van der Waals surface area contributed by atoms with Crippen LogP contribution in [0.15, 0.2) is 0 Å². The summed E-state index contributed by atoms with van der Waals surface area (Å²) in [6.07, 6.45) is 1.11. The van der Waals surface area contributed by atoms with E-state index >= 15 is 0 Å². The van der Waals surface area contributed by atoms with Crippen LogP contribution in [-0.2, 0) is 9.59 Å². The third-order valence-electron chi connectivity index (χ3n) is 3.80. The zero-order valence-corrected chi connectivity index (χ0v) is 12.1. The molecular weight excluding hydrogens is 276 g/mol. The highest BCUT2D eigenvalue weighted by Crippen LogP contribution is 2.08. The van der Waals surface area contributed by atoms with Gasteiger partial charge in [0.15, 0.2) is 0 Å². The van der Waals surface area contributed by atoms with Gasteiger partial charge in [0.2, 0.25) is 5.91 Å². The van der Waals surface area contributed by atoms with Crippen molar-refractivity contribution in [3.8, 4) is 0 Å². The number of hydrogen-bond donors (Lipinski definition) is 2. The molecule has 2 heterocycles. The minimum Gasteiger partial charge on any atom is -0.480 e. The van der Waals surface area contributed by atoms with Crippen LogP contribution < -0.4 is 5.32 Å². The summed E-state index contributed by atoms with van der Waals surface area (Å²) in [7, 11) is 0. The van der Waals surface area contributed by atoms with Crippen LogP contribution in [0.25, 0.3) is 0 Å². The highest BCUT2D eigenvalue weighted by molar-refractivity contribution is 5.79. The monoisotopic (exact) mass is 298 g/mol. The van der Waals surface area contributed by atoms with Crippen molar-refractivity contribution in [1.82, 2.24) is 20.0 Å². The normalized spacial score (nSPS) is 21.4. The number of urea groups is 1. The van der Waals surface area contributed by atoms with E-state index in [9.17, 15) is 14.4 Å². The summed E-state index contributed by atoms with van der Waals surface area (Å²) in [4.78, 5) is 39.8. The van der Waals surface area contributed by atoms with Crippen molar-refractivity contribution >= 4 is 17.9 Å². The Balaban J connectivity index is 1.87. The number of hydrogen-bond acceptors (Lipinski definition) is 4. The second-order valence-corrected chi connectivity index (χ2v) is 5.38. The van der Waals surface area contributed by atoms with Crippen LogP contribution in [0.4, 0.5) is 4.79 Å². The van der Waals surface area contributed by atoms with Crippen LogP contribution >= 0.6 is 0 Å². The predicted octanol–water partition coefficient (Wildman–Crippen LogP) is -0.979. The predicted molar refractivity (Wildman–Crippen MR) is 74.9 cm³/mol. The topological polar surface area (TPSA) is 93.2 Å². The van der Waals surface area contributed by atoms with E-state index in [2.05, 4.69) is 5.32 Å². The van der Waals surface area contributed by atoms with E-state index in [1.54, 1.807) is 9.80 Å². The molecule has 2 aliphatic rings. The first-order chi connectivity index (χ1) is 10.1. The SMILES string of the molecule is O=C(O)CN1CCCN(C(=O)N2CCNC(=O)CC2)CC1. The van der Waals surface area contributed by atoms with Crippen molar-refractivity contribution < 1.29 is 19.5 Å². The van der Waals surface area contributed by atoms with Gasteiger partial charge in [-0.2, -0.15) is 0 Å². The highest BCUT2D eigenvalue weighted by Gasteiger charge is 2.25. The van der Waals surface area contributed by atoms with Crippen LogP contribution in [-0.4, -0.2) is 90.1 Å². The Bertz CT molecular complexity index is 415. The molecule has 2 aliphatic heterocycles. The van der Waals surface area contributed by atoms with Crippen molar-refractivity contribution in [2.45, 2.75) is 12.8 Å². The van der Waals surface area contributed by atoms with Gasteiger partial charge in [-0.05, 0) is 6.42 Å². The second-order valence-electron chi connectivity index (χ2n) is 5.38. The molecule has 0 saturated carbocycles. The maximum absolute atomic E-state index is 12.5. The molecule has 0 aromatic heterocycles. The zero-order valence-electron chi connectivity index (χ0n) is 12.1. The van der Waals surface area contributed by atoms with Crippen LogP contribution in [0.3, 0.4) is 0 Å². The van der Waals surface area contributed by atoms with E-state index in [0.29, 0.717) is 52.2 Å². The molecule has 2 N–H and O–H groups in total. The number of carboxylic acids is 1. The Hall–Kier alpha value is -1.83. The van der Waals surface area contributed by atoms with Crippen molar-refractivity contribution in [2.24, 2.45) is 0 Å². The fraction of sp³-hybridized carbons (Fsp3) is 0.769. The Morgan fingerprint density at radius 1 is 1.05 bits per heavy atom. The van der Waals surface area contributed by atoms with Gasteiger partial charge >= 0.3 is 12.0 Å². The van der Waals surface area contributed by atoms with Crippen molar-refractivity contribution in [1.29, 1.82) is 0 Å². The number of nitrogens with zero attached hydrogens (tertiary/aromatic N) is 3. The molecule has 0 atom stereocenters. The molecule has 2 fully saturated rings. The summed E-state index contributed by atoms with van der Waals surface area (Å²) in [6.45, 7) is 3.91. The van der Waals surface area contributed by atoms with Gasteiger partial charge in [-0.1, -0.05) is 0 Å². The lowest BCUT2D eigenvalue weighted by Gasteiger charge is -2.28. The van der Waals surface area contributed by atoms with Gasteiger partial charge in [0, 0.05) is 52.2 Å². The molecular formula is C13H22N4O4. The fourth-order valence-corrected chi connectivity index (χ4v) is 2.67. The van der Waals surface area contributed by atoms with E-state index in [1.807, 2.05) is 4.90 Å². The summed E-state index contributed by atoms with van der Waals surface area (Å²) in [5.74, 6) is -0.860. The lowest BCUT2D eigenvalue weighted by molar-refractivity contribution is -0.138. The molecule has 0 aromatic carbocycles. The van der Waals surface area contributed by atoms with Gasteiger partial charge in [-0.15, -0.1) is 0 Å². The molecule has 0 spiro atoms. The molecule has 0 bridgehead atoms. The Morgan fingerprint density at radius 3 is 2.57 bits per heavy atom. The first kappa shape index (κ1) is 15.6. The maximum Gasteiger partial charge on any atom is 0.320 e. The Labute approximate surface area is 123 Å². The first-order valence-corrected chi connectivity index (χ1v) is 7.31. The number of nitrogens with one attached hydrogen (secondary N) is 1. The van der Waals surface area contributed by atoms with Crippen LogP contribution in [0, 0.1) is 0 Å². The summed E-state index contributed by atoms with van der Waals surface area (Å²) in [6, 6.07) is -0.0522. The average Bonchev–Trinajstić information content (AvgIpc) is 2.78. The van der Waals surface area contributed by atoms with E-state index in [-0.39, 0.29) is 18.5 Å². The van der Waals surface area contributed by atoms with Crippen LogP contribution in [0.1, 0.15) is 12.8 Å². The van der Waals surface area contributed by atoms with Crippen molar-refractivity contribution in [2.75, 3.05) is 52.4 Å². The highest BCUT2D eigenvalue weighted by atomic mass is 16.4. The summed E-state index contributed by atoms with van der Waals surface area (Å²) in [5.41, 5.74) is 0. The molecule has 2 rings (SSSR count). The maximum atomic E-state index is 12.5. The molecule has 0 unspecified atom stereocenters. The van der Waals surface area contributed by atoms with Crippen LogP contribution in [0.5, 0.6) is 0 Å². The molecule has 0 aromatic rings. The van der Waals surface area contributed by atoms with Crippen LogP contribution in [0.2, 0.25) is 0 Å². The standard InChI is InChI=1S/C13H22N4O4/c18-11-2-6-17(7-3-14-11)13(21)16-5-1-4-15(8-9-16)10-12(19)20/h1-10H2,(H,14,18)(H,19,20). The Kier molecular flexibility index (Phi) is 5.38. The molecule has 8 nitrogen and oxygen atoms in total. The van der Waals surface area contributed by atoms with E-state index < -0.39 is 5.97 Å². The van der Waals surface area contributed by atoms with E-state index in [1.165, 1.54) is 0 Å². The largest absolute Gasteiger partial charge is 0.480 e. The lowest BCUT2D eigenvalue weighted by atomic mass is 10.3. The molecule has 8 heteroatoms. The summed E-state index contributed by atoms with van der Waals surface area (Å²) < 4.78 is 0. The first-order valence-electron chi connectivity index (χ1n) is 7.31. The summed E-state index contributed by atoms with van der Waals surface area (Å²) >= 11 is 0. The quantitative estimate of drug-likeness (QED) is 0.683. The third kappa shape index (κ3) is 4.59. The number of carbonyl (C=O) groups is 3. The molecule has 3 amide bonds.